The van der Waals surface area contributed by atoms with E-state index in [1.165, 1.54) is 27.3 Å². The number of carbonyl (C=O) groups is 1. The summed E-state index contributed by atoms with van der Waals surface area (Å²) in [6.07, 6.45) is 1.65. The van der Waals surface area contributed by atoms with Gasteiger partial charge in [-0.3, -0.25) is 4.79 Å². The lowest BCUT2D eigenvalue weighted by Crippen LogP contribution is -2.21. The average molecular weight is 346 g/mol. The molecule has 0 saturated heterocycles. The standard InChI is InChI=1S/C17H18N2O2S2/c1-2-21-11-18-19-16(20)9-14-13-5-3-4-6-15(13)23-10-12-7-8-22-17(12)14/h3-8,11,14H,2,9-10H2,1H3,(H,19,20)/b18-11+. The van der Waals surface area contributed by atoms with E-state index in [9.17, 15) is 4.79 Å². The molecular formula is C17H18N2O2S2. The minimum absolute atomic E-state index is 0.0819. The molecule has 2 heterocycles. The lowest BCUT2D eigenvalue weighted by Gasteiger charge is -2.16. The Morgan fingerprint density at radius 1 is 1.43 bits per heavy atom. The van der Waals surface area contributed by atoms with Gasteiger partial charge in [0.15, 0.2) is 6.40 Å². The van der Waals surface area contributed by atoms with Gasteiger partial charge in [0.2, 0.25) is 5.91 Å². The van der Waals surface area contributed by atoms with Gasteiger partial charge in [0, 0.05) is 27.9 Å². The number of benzene rings is 1. The van der Waals surface area contributed by atoms with Crippen LogP contribution in [0.2, 0.25) is 0 Å². The SMILES string of the molecule is CCO/C=N/NC(=O)CC1c2ccccc2SCc2ccsc21. The van der Waals surface area contributed by atoms with Crippen molar-refractivity contribution in [3.63, 3.8) is 0 Å². The third kappa shape index (κ3) is 3.76. The number of nitrogens with zero attached hydrogens (tertiary/aromatic N) is 1. The molecule has 1 aliphatic heterocycles. The number of thioether (sulfide) groups is 1. The largest absolute Gasteiger partial charge is 0.482 e. The van der Waals surface area contributed by atoms with Gasteiger partial charge in [-0.25, -0.2) is 5.43 Å². The van der Waals surface area contributed by atoms with Crippen LogP contribution in [-0.2, 0) is 15.3 Å². The van der Waals surface area contributed by atoms with Crippen molar-refractivity contribution in [3.8, 4) is 0 Å². The van der Waals surface area contributed by atoms with Gasteiger partial charge in [-0.15, -0.1) is 28.2 Å². The van der Waals surface area contributed by atoms with E-state index in [1.54, 1.807) is 11.3 Å². The first-order chi connectivity index (χ1) is 11.3. The van der Waals surface area contributed by atoms with Crippen molar-refractivity contribution in [2.75, 3.05) is 6.61 Å². The van der Waals surface area contributed by atoms with Gasteiger partial charge in [-0.1, -0.05) is 18.2 Å². The number of carbonyl (C=O) groups excluding carboxylic acids is 1. The van der Waals surface area contributed by atoms with E-state index in [0.29, 0.717) is 13.0 Å². The molecule has 1 aliphatic rings. The Kier molecular flexibility index (Phi) is 5.35. The third-order valence-electron chi connectivity index (χ3n) is 3.65. The first kappa shape index (κ1) is 16.1. The van der Waals surface area contributed by atoms with Gasteiger partial charge in [0.1, 0.15) is 0 Å². The highest BCUT2D eigenvalue weighted by Crippen LogP contribution is 2.44. The molecule has 2 aromatic rings. The Labute approximate surface area is 143 Å². The molecule has 0 spiro atoms. The number of amides is 1. The van der Waals surface area contributed by atoms with Crippen LogP contribution in [0.15, 0.2) is 45.7 Å². The number of thiophene rings is 1. The topological polar surface area (TPSA) is 50.7 Å². The molecule has 1 unspecified atom stereocenters. The van der Waals surface area contributed by atoms with Crippen LogP contribution in [-0.4, -0.2) is 18.9 Å². The number of hydrogen-bond donors (Lipinski definition) is 1. The fourth-order valence-electron chi connectivity index (χ4n) is 2.61. The second-order valence-corrected chi connectivity index (χ2v) is 7.08. The Balaban J connectivity index is 1.82. The zero-order valence-electron chi connectivity index (χ0n) is 12.8. The van der Waals surface area contributed by atoms with E-state index in [2.05, 4.69) is 40.2 Å². The van der Waals surface area contributed by atoms with Gasteiger partial charge in [0.05, 0.1) is 6.61 Å². The second kappa shape index (κ2) is 7.66. The Morgan fingerprint density at radius 2 is 2.30 bits per heavy atom. The molecule has 0 aliphatic carbocycles. The summed E-state index contributed by atoms with van der Waals surface area (Å²) in [5.41, 5.74) is 5.09. The van der Waals surface area contributed by atoms with E-state index in [0.717, 1.165) is 5.75 Å². The van der Waals surface area contributed by atoms with Crippen LogP contribution >= 0.6 is 23.1 Å². The van der Waals surface area contributed by atoms with Crippen molar-refractivity contribution in [1.29, 1.82) is 0 Å². The van der Waals surface area contributed by atoms with Crippen molar-refractivity contribution in [3.05, 3.63) is 51.7 Å². The van der Waals surface area contributed by atoms with E-state index in [4.69, 9.17) is 4.74 Å². The number of nitrogens with one attached hydrogen (secondary N) is 1. The Hall–Kier alpha value is -1.79. The fourth-order valence-corrected chi connectivity index (χ4v) is 4.86. The summed E-state index contributed by atoms with van der Waals surface area (Å²) in [5, 5.41) is 5.91. The zero-order chi connectivity index (χ0) is 16.1. The maximum atomic E-state index is 12.2. The first-order valence-corrected chi connectivity index (χ1v) is 9.36. The van der Waals surface area contributed by atoms with Gasteiger partial charge in [0.25, 0.3) is 0 Å². The van der Waals surface area contributed by atoms with Crippen LogP contribution in [0.4, 0.5) is 0 Å². The molecule has 0 radical (unpaired) electrons. The maximum absolute atomic E-state index is 12.2. The van der Waals surface area contributed by atoms with E-state index >= 15 is 0 Å². The molecule has 23 heavy (non-hydrogen) atoms. The van der Waals surface area contributed by atoms with Crippen LogP contribution in [0, 0.1) is 0 Å². The summed E-state index contributed by atoms with van der Waals surface area (Å²) < 4.78 is 4.99. The minimum Gasteiger partial charge on any atom is -0.482 e. The van der Waals surface area contributed by atoms with Crippen molar-refractivity contribution >= 4 is 35.4 Å². The van der Waals surface area contributed by atoms with Crippen molar-refractivity contribution < 1.29 is 9.53 Å². The molecule has 0 saturated carbocycles. The van der Waals surface area contributed by atoms with Gasteiger partial charge >= 0.3 is 0 Å². The number of hydrazone groups is 1. The predicted molar refractivity (Wildman–Crippen MR) is 95.0 cm³/mol. The second-order valence-electron chi connectivity index (χ2n) is 5.12. The molecular weight excluding hydrogens is 328 g/mol. The van der Waals surface area contributed by atoms with E-state index < -0.39 is 0 Å². The summed E-state index contributed by atoms with van der Waals surface area (Å²) in [5.74, 6) is 0.932. The minimum atomic E-state index is -0.105. The third-order valence-corrected chi connectivity index (χ3v) is 5.86. The smallest absolute Gasteiger partial charge is 0.241 e. The monoisotopic (exact) mass is 346 g/mol. The molecule has 1 amide bonds. The molecule has 1 N–H and O–H groups in total. The van der Waals surface area contributed by atoms with E-state index in [-0.39, 0.29) is 11.8 Å². The van der Waals surface area contributed by atoms with Crippen molar-refractivity contribution in [1.82, 2.24) is 5.43 Å². The van der Waals surface area contributed by atoms with Crippen LogP contribution in [0.25, 0.3) is 0 Å². The molecule has 0 bridgehead atoms. The first-order valence-electron chi connectivity index (χ1n) is 7.49. The van der Waals surface area contributed by atoms with Crippen LogP contribution < -0.4 is 5.43 Å². The maximum Gasteiger partial charge on any atom is 0.241 e. The number of ether oxygens (including phenoxy) is 1. The molecule has 120 valence electrons. The molecule has 1 aromatic carbocycles. The lowest BCUT2D eigenvalue weighted by atomic mass is 9.92. The van der Waals surface area contributed by atoms with Crippen molar-refractivity contribution in [2.24, 2.45) is 5.10 Å². The number of hydrogen-bond acceptors (Lipinski definition) is 5. The molecule has 3 rings (SSSR count). The predicted octanol–water partition coefficient (Wildman–Crippen LogP) is 3.97. The summed E-state index contributed by atoms with van der Waals surface area (Å²) in [7, 11) is 0. The highest BCUT2D eigenvalue weighted by Gasteiger charge is 2.27. The lowest BCUT2D eigenvalue weighted by molar-refractivity contribution is -0.121. The highest BCUT2D eigenvalue weighted by atomic mass is 32.2. The normalized spacial score (nSPS) is 16.5. The van der Waals surface area contributed by atoms with Crippen LogP contribution in [0.5, 0.6) is 0 Å². The Bertz CT molecular complexity index is 712. The summed E-state index contributed by atoms with van der Waals surface area (Å²) >= 11 is 3.57. The quantitative estimate of drug-likeness (QED) is 0.506. The summed E-state index contributed by atoms with van der Waals surface area (Å²) in [6, 6.07) is 10.5. The molecule has 1 aromatic heterocycles. The van der Waals surface area contributed by atoms with Gasteiger partial charge < -0.3 is 4.74 Å². The summed E-state index contributed by atoms with van der Waals surface area (Å²) in [4.78, 5) is 14.8. The van der Waals surface area contributed by atoms with Gasteiger partial charge in [-0.2, -0.15) is 0 Å². The molecule has 4 nitrogen and oxygen atoms in total. The van der Waals surface area contributed by atoms with E-state index in [1.807, 2.05) is 24.8 Å². The molecule has 0 fully saturated rings. The van der Waals surface area contributed by atoms with Crippen molar-refractivity contribution in [2.45, 2.75) is 29.9 Å². The Morgan fingerprint density at radius 3 is 3.17 bits per heavy atom. The molecule has 6 heteroatoms. The molecule has 1 atom stereocenters. The van der Waals surface area contributed by atoms with Gasteiger partial charge in [-0.05, 0) is 35.6 Å². The zero-order valence-corrected chi connectivity index (χ0v) is 14.5. The number of rotatable bonds is 5. The highest BCUT2D eigenvalue weighted by molar-refractivity contribution is 7.98. The van der Waals surface area contributed by atoms with Crippen LogP contribution in [0.1, 0.15) is 35.3 Å². The summed E-state index contributed by atoms with van der Waals surface area (Å²) in [6.45, 7) is 2.40. The average Bonchev–Trinajstić information content (AvgIpc) is 2.98. The fraction of sp³-hybridized carbons (Fsp3) is 0.294. The van der Waals surface area contributed by atoms with Crippen LogP contribution in [0.3, 0.4) is 0 Å². The number of fused-ring (bicyclic) bond motifs is 2.